The third-order valence-electron chi connectivity index (χ3n) is 5.94. The number of hydrogen-bond acceptors (Lipinski definition) is 4. The van der Waals surface area contributed by atoms with E-state index in [1.165, 1.54) is 18.2 Å². The minimum atomic E-state index is -0.00877. The van der Waals surface area contributed by atoms with E-state index in [9.17, 15) is 9.59 Å². The zero-order valence-corrected chi connectivity index (χ0v) is 17.7. The van der Waals surface area contributed by atoms with E-state index in [0.29, 0.717) is 18.8 Å². The standard InChI is InChI=1S/C22H28N4O2S/c1-29-22-23-16-19(26(22)18-8-4-2-5-9-18)21(28)25-14-10-17(11-15-25)20(27)24-12-6-3-7-13-24/h2,4-5,8-9,16-17H,3,6-7,10-15H2,1H3. The molecule has 2 fully saturated rings. The van der Waals surface area contributed by atoms with E-state index in [-0.39, 0.29) is 17.7 Å². The SMILES string of the molecule is CSc1ncc(C(=O)N2CCC(C(=O)N3CCCCC3)CC2)n1-c1ccccc1. The number of hydrogen-bond donors (Lipinski definition) is 0. The number of thioether (sulfide) groups is 1. The summed E-state index contributed by atoms with van der Waals surface area (Å²) in [6, 6.07) is 9.87. The molecule has 1 aromatic carbocycles. The van der Waals surface area contributed by atoms with E-state index in [2.05, 4.69) is 4.98 Å². The molecule has 3 heterocycles. The van der Waals surface area contributed by atoms with Crippen LogP contribution in [0.5, 0.6) is 0 Å². The number of carbonyl (C=O) groups excluding carboxylic acids is 2. The fourth-order valence-electron chi connectivity index (χ4n) is 4.32. The highest BCUT2D eigenvalue weighted by atomic mass is 32.2. The molecule has 0 saturated carbocycles. The Bertz CT molecular complexity index is 853. The summed E-state index contributed by atoms with van der Waals surface area (Å²) in [5.41, 5.74) is 1.52. The largest absolute Gasteiger partial charge is 0.342 e. The highest BCUT2D eigenvalue weighted by Crippen LogP contribution is 2.26. The Balaban J connectivity index is 1.45. The topological polar surface area (TPSA) is 58.4 Å². The van der Waals surface area contributed by atoms with Crippen LogP contribution in [-0.4, -0.2) is 63.6 Å². The summed E-state index contributed by atoms with van der Waals surface area (Å²) in [6.45, 7) is 3.03. The average molecular weight is 413 g/mol. The van der Waals surface area contributed by atoms with E-state index in [4.69, 9.17) is 0 Å². The lowest BCUT2D eigenvalue weighted by atomic mass is 9.94. The number of benzene rings is 1. The molecule has 0 atom stereocenters. The van der Waals surface area contributed by atoms with Crippen molar-refractivity contribution in [3.8, 4) is 5.69 Å². The molecule has 154 valence electrons. The number of imidazole rings is 1. The Hall–Kier alpha value is -2.28. The van der Waals surface area contributed by atoms with E-state index in [1.54, 1.807) is 6.20 Å². The van der Waals surface area contributed by atoms with E-state index < -0.39 is 0 Å². The summed E-state index contributed by atoms with van der Waals surface area (Å²) in [5.74, 6) is 0.333. The van der Waals surface area contributed by atoms with Gasteiger partial charge in [0.05, 0.1) is 6.20 Å². The molecule has 0 N–H and O–H groups in total. The Labute approximate surface area is 176 Å². The predicted octanol–water partition coefficient (Wildman–Crippen LogP) is 3.46. The molecule has 0 radical (unpaired) electrons. The molecule has 29 heavy (non-hydrogen) atoms. The number of likely N-dealkylation sites (tertiary alicyclic amines) is 2. The summed E-state index contributed by atoms with van der Waals surface area (Å²) in [4.78, 5) is 34.4. The molecule has 2 aliphatic heterocycles. The highest BCUT2D eigenvalue weighted by Gasteiger charge is 2.32. The van der Waals surface area contributed by atoms with Gasteiger partial charge in [-0.3, -0.25) is 14.2 Å². The van der Waals surface area contributed by atoms with Crippen LogP contribution in [0.1, 0.15) is 42.6 Å². The van der Waals surface area contributed by atoms with Gasteiger partial charge in [-0.2, -0.15) is 0 Å². The summed E-state index contributed by atoms with van der Waals surface area (Å²) < 4.78 is 1.93. The van der Waals surface area contributed by atoms with Gasteiger partial charge in [0.25, 0.3) is 5.91 Å². The first-order chi connectivity index (χ1) is 14.2. The maximum Gasteiger partial charge on any atom is 0.272 e. The van der Waals surface area contributed by atoms with Gasteiger partial charge >= 0.3 is 0 Å². The first-order valence-corrected chi connectivity index (χ1v) is 11.7. The number of para-hydroxylation sites is 1. The zero-order chi connectivity index (χ0) is 20.2. The molecule has 2 aliphatic rings. The van der Waals surface area contributed by atoms with Gasteiger partial charge in [0.2, 0.25) is 5.91 Å². The molecule has 6 nitrogen and oxygen atoms in total. The maximum absolute atomic E-state index is 13.3. The zero-order valence-electron chi connectivity index (χ0n) is 16.9. The van der Waals surface area contributed by atoms with Gasteiger partial charge < -0.3 is 9.80 Å². The number of amides is 2. The second kappa shape index (κ2) is 9.03. The maximum atomic E-state index is 13.3. The molecule has 1 aromatic heterocycles. The molecular formula is C22H28N4O2S. The van der Waals surface area contributed by atoms with Crippen molar-refractivity contribution in [2.45, 2.75) is 37.3 Å². The average Bonchev–Trinajstić information content (AvgIpc) is 3.23. The normalized spacial score (nSPS) is 18.1. The van der Waals surface area contributed by atoms with Crippen molar-refractivity contribution in [1.29, 1.82) is 0 Å². The number of carbonyl (C=O) groups is 2. The van der Waals surface area contributed by atoms with Crippen LogP contribution in [-0.2, 0) is 4.79 Å². The second-order valence-electron chi connectivity index (χ2n) is 7.75. The van der Waals surface area contributed by atoms with Gasteiger partial charge in [0.15, 0.2) is 5.16 Å². The van der Waals surface area contributed by atoms with Crippen LogP contribution in [0.25, 0.3) is 5.69 Å². The number of nitrogens with zero attached hydrogens (tertiary/aromatic N) is 4. The Morgan fingerprint density at radius 2 is 1.66 bits per heavy atom. The van der Waals surface area contributed by atoms with Crippen LogP contribution in [0.15, 0.2) is 41.7 Å². The molecule has 0 aliphatic carbocycles. The van der Waals surface area contributed by atoms with Crippen molar-refractivity contribution in [2.75, 3.05) is 32.4 Å². The van der Waals surface area contributed by atoms with Crippen molar-refractivity contribution >= 4 is 23.6 Å². The smallest absolute Gasteiger partial charge is 0.272 e. The molecule has 4 rings (SSSR count). The Morgan fingerprint density at radius 1 is 0.966 bits per heavy atom. The van der Waals surface area contributed by atoms with Crippen molar-refractivity contribution in [1.82, 2.24) is 19.4 Å². The molecule has 2 aromatic rings. The minimum Gasteiger partial charge on any atom is -0.342 e. The quantitative estimate of drug-likeness (QED) is 0.722. The van der Waals surface area contributed by atoms with Crippen molar-refractivity contribution < 1.29 is 9.59 Å². The minimum absolute atomic E-state index is 0.00877. The highest BCUT2D eigenvalue weighted by molar-refractivity contribution is 7.98. The van der Waals surface area contributed by atoms with Gasteiger partial charge in [-0.25, -0.2) is 4.98 Å². The van der Waals surface area contributed by atoms with Gasteiger partial charge in [0.1, 0.15) is 5.69 Å². The number of rotatable bonds is 4. The van der Waals surface area contributed by atoms with Crippen molar-refractivity contribution in [3.05, 3.63) is 42.2 Å². The Kier molecular flexibility index (Phi) is 6.23. The van der Waals surface area contributed by atoms with Crippen molar-refractivity contribution in [2.24, 2.45) is 5.92 Å². The van der Waals surface area contributed by atoms with E-state index in [1.807, 2.05) is 51.0 Å². The molecule has 0 spiro atoms. The monoisotopic (exact) mass is 412 g/mol. The second-order valence-corrected chi connectivity index (χ2v) is 8.53. The van der Waals surface area contributed by atoms with Crippen LogP contribution >= 0.6 is 11.8 Å². The summed E-state index contributed by atoms with van der Waals surface area (Å²) >= 11 is 1.53. The van der Waals surface area contributed by atoms with Gasteiger partial charge in [-0.1, -0.05) is 30.0 Å². The summed E-state index contributed by atoms with van der Waals surface area (Å²) in [6.07, 6.45) is 8.59. The first-order valence-electron chi connectivity index (χ1n) is 10.4. The molecule has 0 bridgehead atoms. The van der Waals surface area contributed by atoms with Crippen LogP contribution in [0.3, 0.4) is 0 Å². The summed E-state index contributed by atoms with van der Waals surface area (Å²) in [5, 5.41) is 0.801. The van der Waals surface area contributed by atoms with Crippen LogP contribution in [0.2, 0.25) is 0 Å². The van der Waals surface area contributed by atoms with E-state index in [0.717, 1.165) is 49.6 Å². The van der Waals surface area contributed by atoms with Crippen LogP contribution < -0.4 is 0 Å². The first kappa shape index (κ1) is 20.0. The van der Waals surface area contributed by atoms with E-state index >= 15 is 0 Å². The third-order valence-corrected chi connectivity index (χ3v) is 6.60. The lowest BCUT2D eigenvalue weighted by molar-refractivity contribution is -0.137. The lowest BCUT2D eigenvalue weighted by Crippen LogP contribution is -2.46. The van der Waals surface area contributed by atoms with Gasteiger partial charge in [-0.15, -0.1) is 0 Å². The van der Waals surface area contributed by atoms with Crippen molar-refractivity contribution in [3.63, 3.8) is 0 Å². The lowest BCUT2D eigenvalue weighted by Gasteiger charge is -2.35. The predicted molar refractivity (Wildman–Crippen MR) is 114 cm³/mol. The Morgan fingerprint density at radius 3 is 2.31 bits per heavy atom. The number of piperidine rings is 2. The molecule has 2 amide bonds. The molecule has 0 unspecified atom stereocenters. The van der Waals surface area contributed by atoms with Gasteiger partial charge in [0, 0.05) is 37.8 Å². The fourth-order valence-corrected chi connectivity index (χ4v) is 4.86. The van der Waals surface area contributed by atoms with Crippen LogP contribution in [0, 0.1) is 5.92 Å². The number of aromatic nitrogens is 2. The molecule has 2 saturated heterocycles. The van der Waals surface area contributed by atoms with Crippen LogP contribution in [0.4, 0.5) is 0 Å². The van der Waals surface area contributed by atoms with Gasteiger partial charge in [-0.05, 0) is 50.5 Å². The fraction of sp³-hybridized carbons (Fsp3) is 0.500. The third kappa shape index (κ3) is 4.20. The summed E-state index contributed by atoms with van der Waals surface area (Å²) in [7, 11) is 0. The molecule has 7 heteroatoms. The molecular weight excluding hydrogens is 384 g/mol.